The van der Waals surface area contributed by atoms with Gasteiger partial charge in [-0.1, -0.05) is 27.5 Å². The summed E-state index contributed by atoms with van der Waals surface area (Å²) in [5.41, 5.74) is 0. The topological polar surface area (TPSA) is 27.1 Å². The zero-order chi connectivity index (χ0) is 11.4. The van der Waals surface area contributed by atoms with E-state index in [1.165, 1.54) is 0 Å². The number of hydrogen-bond donors (Lipinski definition) is 0. The Kier molecular flexibility index (Phi) is 3.85. The van der Waals surface area contributed by atoms with Gasteiger partial charge in [-0.3, -0.25) is 4.68 Å². The molecule has 0 atom stereocenters. The molecule has 0 unspecified atom stereocenters. The normalized spacial score (nSPS) is 10.4. The third kappa shape index (κ3) is 3.25. The van der Waals surface area contributed by atoms with Gasteiger partial charge in [0.25, 0.3) is 0 Å². The van der Waals surface area contributed by atoms with Crippen LogP contribution in [0.25, 0.3) is 0 Å². The highest BCUT2D eigenvalue weighted by Crippen LogP contribution is 2.16. The standard InChI is InChI=1S/C11H10BrClN2O/c12-9-1-3-11(4-2-9)16-6-5-15-8-10(13)7-14-15/h1-4,7-8H,5-6H2. The maximum Gasteiger partial charge on any atom is 0.119 e. The quantitative estimate of drug-likeness (QED) is 0.865. The molecule has 5 heteroatoms. The summed E-state index contributed by atoms with van der Waals surface area (Å²) in [6.07, 6.45) is 3.38. The van der Waals surface area contributed by atoms with Crippen LogP contribution >= 0.6 is 27.5 Å². The predicted molar refractivity (Wildman–Crippen MR) is 66.9 cm³/mol. The maximum absolute atomic E-state index is 5.74. The van der Waals surface area contributed by atoms with Crippen molar-refractivity contribution in [3.8, 4) is 5.75 Å². The van der Waals surface area contributed by atoms with Crippen molar-refractivity contribution in [2.75, 3.05) is 6.61 Å². The smallest absolute Gasteiger partial charge is 0.119 e. The average Bonchev–Trinajstić information content (AvgIpc) is 2.67. The maximum atomic E-state index is 5.74. The molecule has 0 N–H and O–H groups in total. The van der Waals surface area contributed by atoms with Gasteiger partial charge in [0.05, 0.1) is 17.8 Å². The zero-order valence-corrected chi connectivity index (χ0v) is 10.8. The Balaban J connectivity index is 1.82. The molecule has 16 heavy (non-hydrogen) atoms. The van der Waals surface area contributed by atoms with Crippen molar-refractivity contribution in [2.45, 2.75) is 6.54 Å². The molecular formula is C11H10BrClN2O. The summed E-state index contributed by atoms with van der Waals surface area (Å²) in [4.78, 5) is 0. The number of aromatic nitrogens is 2. The van der Waals surface area contributed by atoms with Crippen LogP contribution in [0.3, 0.4) is 0 Å². The molecule has 0 fully saturated rings. The van der Waals surface area contributed by atoms with Crippen molar-refractivity contribution in [1.82, 2.24) is 9.78 Å². The lowest BCUT2D eigenvalue weighted by molar-refractivity contribution is 0.291. The van der Waals surface area contributed by atoms with Gasteiger partial charge in [-0.15, -0.1) is 0 Å². The van der Waals surface area contributed by atoms with Crippen molar-refractivity contribution in [2.24, 2.45) is 0 Å². The van der Waals surface area contributed by atoms with Crippen LogP contribution in [-0.4, -0.2) is 16.4 Å². The summed E-state index contributed by atoms with van der Waals surface area (Å²) in [5.74, 6) is 0.849. The molecule has 0 aliphatic heterocycles. The average molecular weight is 302 g/mol. The van der Waals surface area contributed by atoms with Crippen LogP contribution in [-0.2, 0) is 6.54 Å². The van der Waals surface area contributed by atoms with Crippen molar-refractivity contribution in [1.29, 1.82) is 0 Å². The first-order valence-corrected chi connectivity index (χ1v) is 5.97. The Labute approximate surface area is 107 Å². The van der Waals surface area contributed by atoms with Gasteiger partial charge in [-0.05, 0) is 24.3 Å². The fourth-order valence-corrected chi connectivity index (χ4v) is 1.67. The minimum Gasteiger partial charge on any atom is -0.492 e. The number of benzene rings is 1. The van der Waals surface area contributed by atoms with Crippen LogP contribution < -0.4 is 4.74 Å². The van der Waals surface area contributed by atoms with Crippen LogP contribution in [0.15, 0.2) is 41.1 Å². The molecule has 0 bridgehead atoms. The van der Waals surface area contributed by atoms with Crippen molar-refractivity contribution < 1.29 is 4.74 Å². The molecule has 0 aliphatic carbocycles. The Bertz CT molecular complexity index is 455. The van der Waals surface area contributed by atoms with E-state index in [2.05, 4.69) is 21.0 Å². The van der Waals surface area contributed by atoms with E-state index in [1.807, 2.05) is 24.3 Å². The summed E-state index contributed by atoms with van der Waals surface area (Å²) >= 11 is 9.11. The number of halogens is 2. The Morgan fingerprint density at radius 1 is 1.31 bits per heavy atom. The first-order chi connectivity index (χ1) is 7.74. The molecule has 0 amide bonds. The Morgan fingerprint density at radius 2 is 2.06 bits per heavy atom. The van der Waals surface area contributed by atoms with E-state index in [4.69, 9.17) is 16.3 Å². The fourth-order valence-electron chi connectivity index (χ4n) is 1.25. The molecule has 84 valence electrons. The minimum atomic E-state index is 0.569. The zero-order valence-electron chi connectivity index (χ0n) is 8.44. The van der Waals surface area contributed by atoms with Gasteiger partial charge >= 0.3 is 0 Å². The Hall–Kier alpha value is -1.00. The minimum absolute atomic E-state index is 0.569. The molecule has 0 saturated carbocycles. The van der Waals surface area contributed by atoms with E-state index in [-0.39, 0.29) is 0 Å². The summed E-state index contributed by atoms with van der Waals surface area (Å²) in [5, 5.41) is 4.70. The van der Waals surface area contributed by atoms with Crippen molar-refractivity contribution >= 4 is 27.5 Å². The molecule has 0 saturated heterocycles. The third-order valence-electron chi connectivity index (χ3n) is 2.00. The second-order valence-corrected chi connectivity index (χ2v) is 4.58. The second-order valence-electron chi connectivity index (χ2n) is 3.22. The third-order valence-corrected chi connectivity index (χ3v) is 2.73. The van der Waals surface area contributed by atoms with Crippen LogP contribution in [0.2, 0.25) is 5.02 Å². The first-order valence-electron chi connectivity index (χ1n) is 4.80. The lowest BCUT2D eigenvalue weighted by Gasteiger charge is -2.05. The first kappa shape index (κ1) is 11.5. The molecule has 0 radical (unpaired) electrons. The molecule has 1 aromatic heterocycles. The van der Waals surface area contributed by atoms with E-state index >= 15 is 0 Å². The van der Waals surface area contributed by atoms with E-state index in [0.29, 0.717) is 18.2 Å². The number of ether oxygens (including phenoxy) is 1. The van der Waals surface area contributed by atoms with Gasteiger partial charge in [0.15, 0.2) is 0 Å². The summed E-state index contributed by atoms with van der Waals surface area (Å²) in [6.45, 7) is 1.25. The van der Waals surface area contributed by atoms with Gasteiger partial charge in [-0.25, -0.2) is 0 Å². The molecule has 0 spiro atoms. The van der Waals surface area contributed by atoms with E-state index < -0.39 is 0 Å². The Morgan fingerprint density at radius 3 is 2.69 bits per heavy atom. The van der Waals surface area contributed by atoms with E-state index in [0.717, 1.165) is 10.2 Å². The van der Waals surface area contributed by atoms with Gasteiger partial charge in [0.2, 0.25) is 0 Å². The number of nitrogens with zero attached hydrogens (tertiary/aromatic N) is 2. The van der Waals surface area contributed by atoms with Gasteiger partial charge in [0.1, 0.15) is 12.4 Å². The van der Waals surface area contributed by atoms with Gasteiger partial charge in [-0.2, -0.15) is 5.10 Å². The number of rotatable bonds is 4. The largest absolute Gasteiger partial charge is 0.492 e. The van der Waals surface area contributed by atoms with Crippen molar-refractivity contribution in [3.05, 3.63) is 46.2 Å². The predicted octanol–water partition coefficient (Wildman–Crippen LogP) is 3.38. The SMILES string of the molecule is Clc1cnn(CCOc2ccc(Br)cc2)c1. The highest BCUT2D eigenvalue weighted by Gasteiger charge is 1.97. The van der Waals surface area contributed by atoms with Gasteiger partial charge < -0.3 is 4.74 Å². The number of hydrogen-bond acceptors (Lipinski definition) is 2. The molecule has 1 aromatic carbocycles. The van der Waals surface area contributed by atoms with Crippen LogP contribution in [0.1, 0.15) is 0 Å². The van der Waals surface area contributed by atoms with Crippen molar-refractivity contribution in [3.63, 3.8) is 0 Å². The molecule has 0 aliphatic rings. The summed E-state index contributed by atoms with van der Waals surface area (Å²) < 4.78 is 8.34. The molecule has 2 rings (SSSR count). The molecular weight excluding hydrogens is 291 g/mol. The monoisotopic (exact) mass is 300 g/mol. The van der Waals surface area contributed by atoms with Crippen LogP contribution in [0, 0.1) is 0 Å². The van der Waals surface area contributed by atoms with E-state index in [1.54, 1.807) is 17.1 Å². The molecule has 2 aromatic rings. The highest BCUT2D eigenvalue weighted by atomic mass is 79.9. The van der Waals surface area contributed by atoms with Crippen LogP contribution in [0.5, 0.6) is 5.75 Å². The summed E-state index contributed by atoms with van der Waals surface area (Å²) in [7, 11) is 0. The lowest BCUT2D eigenvalue weighted by atomic mass is 10.3. The van der Waals surface area contributed by atoms with Crippen LogP contribution in [0.4, 0.5) is 0 Å². The summed E-state index contributed by atoms with van der Waals surface area (Å²) in [6, 6.07) is 7.72. The fraction of sp³-hybridized carbons (Fsp3) is 0.182. The molecule has 1 heterocycles. The second kappa shape index (κ2) is 5.37. The molecule has 3 nitrogen and oxygen atoms in total. The van der Waals surface area contributed by atoms with Gasteiger partial charge in [0, 0.05) is 10.7 Å². The van der Waals surface area contributed by atoms with E-state index in [9.17, 15) is 0 Å². The highest BCUT2D eigenvalue weighted by molar-refractivity contribution is 9.10. The lowest BCUT2D eigenvalue weighted by Crippen LogP contribution is -2.08.